The molecule has 0 spiro atoms. The molecule has 148 valence electrons. The third-order valence-electron chi connectivity index (χ3n) is 5.07. The lowest BCUT2D eigenvalue weighted by Gasteiger charge is -2.29. The lowest BCUT2D eigenvalue weighted by molar-refractivity contribution is -0.146. The minimum atomic E-state index is -0.977. The predicted molar refractivity (Wildman–Crippen MR) is 105 cm³/mol. The molecule has 0 bridgehead atoms. The molecule has 2 atom stereocenters. The molecule has 0 aliphatic heterocycles. The van der Waals surface area contributed by atoms with E-state index in [1.165, 1.54) is 17.6 Å². The molecule has 2 aromatic heterocycles. The highest BCUT2D eigenvalue weighted by Gasteiger charge is 2.37. The van der Waals surface area contributed by atoms with Crippen LogP contribution in [0.5, 0.6) is 0 Å². The van der Waals surface area contributed by atoms with Gasteiger partial charge in [0.15, 0.2) is 0 Å². The van der Waals surface area contributed by atoms with Crippen LogP contribution in [0, 0.1) is 11.8 Å². The summed E-state index contributed by atoms with van der Waals surface area (Å²) in [6.45, 7) is 4.06. The van der Waals surface area contributed by atoms with E-state index in [1.54, 1.807) is 23.6 Å². The Morgan fingerprint density at radius 2 is 1.89 bits per heavy atom. The van der Waals surface area contributed by atoms with E-state index >= 15 is 0 Å². The number of carbonyl (C=O) groups is 3. The van der Waals surface area contributed by atoms with E-state index in [4.69, 9.17) is 4.42 Å². The number of amides is 2. The molecule has 7 nitrogen and oxygen atoms in total. The van der Waals surface area contributed by atoms with Gasteiger partial charge in [-0.25, -0.2) is 0 Å². The zero-order valence-electron chi connectivity index (χ0n) is 15.7. The van der Waals surface area contributed by atoms with Crippen LogP contribution in [0.3, 0.4) is 0 Å². The Hall–Kier alpha value is -2.87. The molecule has 3 N–H and O–H groups in total. The number of hydrogen-bond acceptors (Lipinski definition) is 5. The van der Waals surface area contributed by atoms with Gasteiger partial charge in [0, 0.05) is 0 Å². The standard InChI is InChI=1S/C20H22N2O5S/c1-11-8-15(16(20(25)26)9-12(11)2)18(24)22-19-14(5-7-28-19)17(23)21-10-13-4-3-6-27-13/h3-7,15-16H,8-10H2,1-2H3,(H,21,23)(H,22,24)(H,25,26)/t15-,16-/m1/s1. The van der Waals surface area contributed by atoms with Crippen molar-refractivity contribution in [3.8, 4) is 0 Å². The van der Waals surface area contributed by atoms with Crippen LogP contribution in [-0.2, 0) is 16.1 Å². The van der Waals surface area contributed by atoms with Crippen molar-refractivity contribution in [1.29, 1.82) is 0 Å². The first kappa shape index (κ1) is 19.9. The fraction of sp³-hybridized carbons (Fsp3) is 0.350. The number of allylic oxidation sites excluding steroid dienone is 2. The minimum Gasteiger partial charge on any atom is -0.481 e. The first-order valence-electron chi connectivity index (χ1n) is 8.93. The minimum absolute atomic E-state index is 0.238. The second-order valence-electron chi connectivity index (χ2n) is 6.93. The molecule has 2 heterocycles. The highest BCUT2D eigenvalue weighted by atomic mass is 32.1. The summed E-state index contributed by atoms with van der Waals surface area (Å²) in [6, 6.07) is 5.12. The van der Waals surface area contributed by atoms with E-state index in [2.05, 4.69) is 10.6 Å². The molecule has 0 unspecified atom stereocenters. The van der Waals surface area contributed by atoms with Crippen LogP contribution in [0.1, 0.15) is 42.8 Å². The van der Waals surface area contributed by atoms with E-state index in [1.807, 2.05) is 13.8 Å². The first-order valence-corrected chi connectivity index (χ1v) is 9.81. The molecule has 0 saturated heterocycles. The van der Waals surface area contributed by atoms with Crippen LogP contribution < -0.4 is 10.6 Å². The highest BCUT2D eigenvalue weighted by molar-refractivity contribution is 7.14. The fourth-order valence-corrected chi connectivity index (χ4v) is 4.08. The summed E-state index contributed by atoms with van der Waals surface area (Å²) in [6.07, 6.45) is 2.29. The Kier molecular flexibility index (Phi) is 5.99. The second-order valence-corrected chi connectivity index (χ2v) is 7.85. The number of nitrogens with one attached hydrogen (secondary N) is 2. The Labute approximate surface area is 166 Å². The zero-order valence-corrected chi connectivity index (χ0v) is 16.5. The lowest BCUT2D eigenvalue weighted by Crippen LogP contribution is -2.36. The second kappa shape index (κ2) is 8.43. The number of rotatable bonds is 6. The van der Waals surface area contributed by atoms with Gasteiger partial charge in [0.2, 0.25) is 5.91 Å². The Bertz CT molecular complexity index is 913. The van der Waals surface area contributed by atoms with E-state index in [0.717, 1.165) is 11.1 Å². The molecule has 0 radical (unpaired) electrons. The third kappa shape index (κ3) is 4.33. The lowest BCUT2D eigenvalue weighted by atomic mass is 9.76. The van der Waals surface area contributed by atoms with Crippen molar-refractivity contribution < 1.29 is 23.9 Å². The van der Waals surface area contributed by atoms with Crippen molar-refractivity contribution in [2.75, 3.05) is 5.32 Å². The van der Waals surface area contributed by atoms with Gasteiger partial charge in [-0.3, -0.25) is 14.4 Å². The van der Waals surface area contributed by atoms with Crippen LogP contribution in [0.15, 0.2) is 45.4 Å². The molecule has 1 aliphatic carbocycles. The number of aliphatic carboxylic acids is 1. The monoisotopic (exact) mass is 402 g/mol. The van der Waals surface area contributed by atoms with E-state index in [0.29, 0.717) is 29.2 Å². The molecule has 0 fully saturated rings. The molecular formula is C20H22N2O5S. The van der Waals surface area contributed by atoms with Gasteiger partial charge in [0.25, 0.3) is 5.91 Å². The number of furan rings is 1. The topological polar surface area (TPSA) is 109 Å². The van der Waals surface area contributed by atoms with Gasteiger partial charge in [0.05, 0.1) is 30.2 Å². The molecule has 2 aromatic rings. The number of hydrogen-bond donors (Lipinski definition) is 3. The van der Waals surface area contributed by atoms with Crippen molar-refractivity contribution >= 4 is 34.1 Å². The maximum absolute atomic E-state index is 12.8. The fourth-order valence-electron chi connectivity index (χ4n) is 3.29. The Morgan fingerprint density at radius 1 is 1.18 bits per heavy atom. The van der Waals surface area contributed by atoms with Crippen molar-refractivity contribution in [2.24, 2.45) is 11.8 Å². The van der Waals surface area contributed by atoms with Gasteiger partial charge >= 0.3 is 5.97 Å². The van der Waals surface area contributed by atoms with Crippen LogP contribution in [0.25, 0.3) is 0 Å². The largest absolute Gasteiger partial charge is 0.481 e. The summed E-state index contributed by atoms with van der Waals surface area (Å²) < 4.78 is 5.19. The number of carboxylic acid groups (broad SMARTS) is 1. The summed E-state index contributed by atoms with van der Waals surface area (Å²) in [7, 11) is 0. The molecule has 2 amide bonds. The van der Waals surface area contributed by atoms with Crippen molar-refractivity contribution in [2.45, 2.75) is 33.2 Å². The Morgan fingerprint density at radius 3 is 2.54 bits per heavy atom. The maximum Gasteiger partial charge on any atom is 0.307 e. The summed E-state index contributed by atoms with van der Waals surface area (Å²) in [5.74, 6) is -2.49. The smallest absolute Gasteiger partial charge is 0.307 e. The average Bonchev–Trinajstić information content (AvgIpc) is 3.33. The molecular weight excluding hydrogens is 380 g/mol. The van der Waals surface area contributed by atoms with Gasteiger partial charge in [-0.15, -0.1) is 11.3 Å². The van der Waals surface area contributed by atoms with Gasteiger partial charge in [-0.2, -0.15) is 0 Å². The Balaban J connectivity index is 1.70. The summed E-state index contributed by atoms with van der Waals surface area (Å²) >= 11 is 1.23. The SMILES string of the molecule is CC1=C(C)C[C@@H](C(=O)Nc2sccc2C(=O)NCc2ccco2)[C@H](C(=O)O)C1. The third-order valence-corrected chi connectivity index (χ3v) is 5.90. The van der Waals surface area contributed by atoms with Crippen LogP contribution >= 0.6 is 11.3 Å². The predicted octanol–water partition coefficient (Wildman–Crippen LogP) is 3.66. The van der Waals surface area contributed by atoms with Gasteiger partial charge < -0.3 is 20.2 Å². The van der Waals surface area contributed by atoms with E-state index in [9.17, 15) is 19.5 Å². The first-order chi connectivity index (χ1) is 13.4. The van der Waals surface area contributed by atoms with Crippen molar-refractivity contribution in [1.82, 2.24) is 5.32 Å². The summed E-state index contributed by atoms with van der Waals surface area (Å²) in [5.41, 5.74) is 2.40. The summed E-state index contributed by atoms with van der Waals surface area (Å²) in [5, 5.41) is 17.1. The summed E-state index contributed by atoms with van der Waals surface area (Å²) in [4.78, 5) is 36.9. The highest BCUT2D eigenvalue weighted by Crippen LogP contribution is 2.35. The molecule has 8 heteroatoms. The zero-order chi connectivity index (χ0) is 20.3. The van der Waals surface area contributed by atoms with Crippen molar-refractivity contribution in [3.05, 3.63) is 52.3 Å². The normalized spacial score (nSPS) is 19.4. The van der Waals surface area contributed by atoms with Gasteiger partial charge in [0.1, 0.15) is 10.8 Å². The number of carboxylic acids is 1. The molecule has 1 aliphatic rings. The molecule has 0 aromatic carbocycles. The van der Waals surface area contributed by atoms with Crippen LogP contribution in [0.4, 0.5) is 5.00 Å². The molecule has 3 rings (SSSR count). The van der Waals surface area contributed by atoms with E-state index in [-0.39, 0.29) is 18.4 Å². The van der Waals surface area contributed by atoms with Crippen LogP contribution in [0.2, 0.25) is 0 Å². The number of anilines is 1. The van der Waals surface area contributed by atoms with E-state index < -0.39 is 17.8 Å². The molecule has 28 heavy (non-hydrogen) atoms. The quantitative estimate of drug-likeness (QED) is 0.639. The maximum atomic E-state index is 12.8. The van der Waals surface area contributed by atoms with Crippen LogP contribution in [-0.4, -0.2) is 22.9 Å². The van der Waals surface area contributed by atoms with Crippen molar-refractivity contribution in [3.63, 3.8) is 0 Å². The average molecular weight is 402 g/mol. The number of thiophene rings is 1. The number of carbonyl (C=O) groups excluding carboxylic acids is 2. The molecule has 0 saturated carbocycles. The van der Waals surface area contributed by atoms with Gasteiger partial charge in [-0.05, 0) is 50.3 Å². The van der Waals surface area contributed by atoms with Gasteiger partial charge in [-0.1, -0.05) is 11.1 Å².